The van der Waals surface area contributed by atoms with Crippen molar-refractivity contribution in [3.8, 4) is 11.3 Å². The number of thiazole rings is 1. The van der Waals surface area contributed by atoms with Crippen LogP contribution in [0.1, 0.15) is 29.2 Å². The molecule has 4 aromatic rings. The number of pyridine rings is 1. The average molecular weight is 582 g/mol. The summed E-state index contributed by atoms with van der Waals surface area (Å²) in [6.07, 6.45) is 3.14. The SMILES string of the molecule is O=C(CN1CCN(c2cc3c(cc2F)c(=O)c(C(=O)O)cn3C2CC2)CC1)Nc1nc(-c2ccc(Cl)cc2)cs1. The molecule has 1 aliphatic carbocycles. The van der Waals surface area contributed by atoms with Crippen molar-refractivity contribution in [1.29, 1.82) is 0 Å². The molecule has 6 rings (SSSR count). The Labute approximate surface area is 237 Å². The number of carboxylic acid groups (broad SMARTS) is 1. The number of rotatable bonds is 7. The van der Waals surface area contributed by atoms with Crippen LogP contribution in [-0.2, 0) is 4.79 Å². The summed E-state index contributed by atoms with van der Waals surface area (Å²) in [4.78, 5) is 45.4. The molecule has 9 nitrogen and oxygen atoms in total. The molecule has 1 amide bonds. The highest BCUT2D eigenvalue weighted by molar-refractivity contribution is 7.14. The van der Waals surface area contributed by atoms with Gasteiger partial charge in [0, 0.05) is 59.8 Å². The summed E-state index contributed by atoms with van der Waals surface area (Å²) >= 11 is 7.30. The molecule has 3 heterocycles. The number of carbonyl (C=O) groups is 2. The molecule has 0 spiro atoms. The molecule has 0 atom stereocenters. The van der Waals surface area contributed by atoms with Crippen LogP contribution in [0.2, 0.25) is 5.02 Å². The van der Waals surface area contributed by atoms with Crippen molar-refractivity contribution < 1.29 is 19.1 Å². The molecular weight excluding hydrogens is 557 g/mol. The van der Waals surface area contributed by atoms with Crippen LogP contribution in [0.3, 0.4) is 0 Å². The van der Waals surface area contributed by atoms with E-state index in [0.717, 1.165) is 30.2 Å². The number of anilines is 2. The molecule has 2 aromatic heterocycles. The third kappa shape index (κ3) is 5.32. The van der Waals surface area contributed by atoms with E-state index >= 15 is 4.39 Å². The Morgan fingerprint density at radius 2 is 1.85 bits per heavy atom. The number of nitrogens with zero attached hydrogens (tertiary/aromatic N) is 4. The second-order valence-corrected chi connectivity index (χ2v) is 11.3. The summed E-state index contributed by atoms with van der Waals surface area (Å²) in [5.41, 5.74) is 1.55. The molecule has 12 heteroatoms. The number of fused-ring (bicyclic) bond motifs is 1. The first kappa shape index (κ1) is 26.4. The molecule has 1 saturated carbocycles. The van der Waals surface area contributed by atoms with Crippen LogP contribution in [0.4, 0.5) is 15.2 Å². The maximum Gasteiger partial charge on any atom is 0.341 e. The molecule has 206 valence electrons. The highest BCUT2D eigenvalue weighted by Crippen LogP contribution is 2.38. The molecule has 0 radical (unpaired) electrons. The van der Waals surface area contributed by atoms with Crippen LogP contribution in [0.5, 0.6) is 0 Å². The Bertz CT molecular complexity index is 1680. The molecule has 1 saturated heterocycles. The third-order valence-corrected chi connectivity index (χ3v) is 8.25. The van der Waals surface area contributed by atoms with Gasteiger partial charge in [0.25, 0.3) is 0 Å². The minimum atomic E-state index is -1.32. The summed E-state index contributed by atoms with van der Waals surface area (Å²) in [5, 5.41) is 15.4. The maximum atomic E-state index is 15.2. The topological polar surface area (TPSA) is 108 Å². The summed E-state index contributed by atoms with van der Waals surface area (Å²) < 4.78 is 17.0. The number of halogens is 2. The van der Waals surface area contributed by atoms with Crippen molar-refractivity contribution in [2.75, 3.05) is 42.9 Å². The number of aromatic nitrogens is 2. The largest absolute Gasteiger partial charge is 0.477 e. The lowest BCUT2D eigenvalue weighted by atomic mass is 10.1. The number of amides is 1. The van der Waals surface area contributed by atoms with E-state index in [-0.39, 0.29) is 29.4 Å². The lowest BCUT2D eigenvalue weighted by Gasteiger charge is -2.36. The molecular formula is C28H25ClFN5O4S. The van der Waals surface area contributed by atoms with Crippen molar-refractivity contribution in [2.45, 2.75) is 18.9 Å². The maximum absolute atomic E-state index is 15.2. The fraction of sp³-hybridized carbons (Fsp3) is 0.286. The minimum absolute atomic E-state index is 0.0739. The van der Waals surface area contributed by atoms with Gasteiger partial charge in [0.1, 0.15) is 11.4 Å². The predicted molar refractivity (Wildman–Crippen MR) is 153 cm³/mol. The Morgan fingerprint density at radius 1 is 1.12 bits per heavy atom. The highest BCUT2D eigenvalue weighted by Gasteiger charge is 2.29. The van der Waals surface area contributed by atoms with Crippen molar-refractivity contribution in [3.63, 3.8) is 0 Å². The monoisotopic (exact) mass is 581 g/mol. The standard InChI is InChI=1S/C28H25ClFN5O4S/c29-17-3-1-16(2-4-17)22-15-40-28(31-22)32-25(36)14-33-7-9-34(10-8-33)24-12-23-19(11-21(24)30)26(37)20(27(38)39)13-35(23)18-5-6-18/h1-4,11-13,15,18H,5-10,14H2,(H,38,39)(H,31,32,36). The van der Waals surface area contributed by atoms with Crippen molar-refractivity contribution in [1.82, 2.24) is 14.5 Å². The van der Waals surface area contributed by atoms with Crippen LogP contribution < -0.4 is 15.6 Å². The predicted octanol–water partition coefficient (Wildman–Crippen LogP) is 4.71. The van der Waals surface area contributed by atoms with Crippen molar-refractivity contribution in [2.24, 2.45) is 0 Å². The molecule has 1 aliphatic heterocycles. The van der Waals surface area contributed by atoms with Gasteiger partial charge in [-0.25, -0.2) is 14.2 Å². The van der Waals surface area contributed by atoms with Crippen molar-refractivity contribution in [3.05, 3.63) is 74.6 Å². The van der Waals surface area contributed by atoms with Gasteiger partial charge < -0.3 is 19.9 Å². The average Bonchev–Trinajstić information content (AvgIpc) is 3.67. The lowest BCUT2D eigenvalue weighted by molar-refractivity contribution is -0.117. The van der Waals surface area contributed by atoms with E-state index in [0.29, 0.717) is 47.5 Å². The second kappa shape index (κ2) is 10.6. The first-order chi connectivity index (χ1) is 19.3. The number of nitrogens with one attached hydrogen (secondary N) is 1. The summed E-state index contributed by atoms with van der Waals surface area (Å²) in [6, 6.07) is 10.2. The number of benzene rings is 2. The minimum Gasteiger partial charge on any atom is -0.477 e. The van der Waals surface area contributed by atoms with Crippen molar-refractivity contribution >= 4 is 56.5 Å². The number of aromatic carboxylic acids is 1. The smallest absolute Gasteiger partial charge is 0.341 e. The molecule has 0 unspecified atom stereocenters. The Balaban J connectivity index is 1.11. The summed E-state index contributed by atoms with van der Waals surface area (Å²) in [6.45, 7) is 2.27. The van der Waals surface area contributed by atoms with Gasteiger partial charge in [-0.15, -0.1) is 11.3 Å². The van der Waals surface area contributed by atoms with Gasteiger partial charge in [-0.05, 0) is 37.1 Å². The molecule has 40 heavy (non-hydrogen) atoms. The van der Waals surface area contributed by atoms with E-state index < -0.39 is 17.2 Å². The van der Waals surface area contributed by atoms with Crippen LogP contribution in [0, 0.1) is 5.82 Å². The van der Waals surface area contributed by atoms with E-state index in [1.54, 1.807) is 22.8 Å². The first-order valence-corrected chi connectivity index (χ1v) is 14.1. The second-order valence-electron chi connectivity index (χ2n) is 9.99. The molecule has 2 fully saturated rings. The Kier molecular flexibility index (Phi) is 7.03. The fourth-order valence-electron chi connectivity index (χ4n) is 5.00. The number of piperazine rings is 1. The zero-order valence-corrected chi connectivity index (χ0v) is 22.8. The van der Waals surface area contributed by atoms with Gasteiger partial charge in [0.05, 0.1) is 23.4 Å². The van der Waals surface area contributed by atoms with Gasteiger partial charge in [-0.1, -0.05) is 23.7 Å². The highest BCUT2D eigenvalue weighted by atomic mass is 35.5. The normalized spacial score (nSPS) is 15.9. The van der Waals surface area contributed by atoms with Gasteiger partial charge in [0.2, 0.25) is 11.3 Å². The van der Waals surface area contributed by atoms with Crippen LogP contribution in [-0.4, -0.2) is 64.2 Å². The third-order valence-electron chi connectivity index (χ3n) is 7.24. The van der Waals surface area contributed by atoms with Gasteiger partial charge in [-0.2, -0.15) is 0 Å². The lowest BCUT2D eigenvalue weighted by Crippen LogP contribution is -2.49. The van der Waals surface area contributed by atoms with E-state index in [9.17, 15) is 19.5 Å². The fourth-order valence-corrected chi connectivity index (χ4v) is 5.86. The Hall–Kier alpha value is -3.80. The van der Waals surface area contributed by atoms with Gasteiger partial charge in [-0.3, -0.25) is 14.5 Å². The van der Waals surface area contributed by atoms with Crippen LogP contribution in [0.25, 0.3) is 22.2 Å². The number of carboxylic acids is 1. The van der Waals surface area contributed by atoms with Gasteiger partial charge in [0.15, 0.2) is 5.13 Å². The summed E-state index contributed by atoms with van der Waals surface area (Å²) in [5.74, 6) is -2.06. The molecule has 2 N–H and O–H groups in total. The zero-order chi connectivity index (χ0) is 28.0. The summed E-state index contributed by atoms with van der Waals surface area (Å²) in [7, 11) is 0. The van der Waals surface area contributed by atoms with E-state index in [2.05, 4.69) is 10.3 Å². The zero-order valence-electron chi connectivity index (χ0n) is 21.3. The molecule has 2 aromatic carbocycles. The number of hydrogen-bond acceptors (Lipinski definition) is 7. The molecule has 2 aliphatic rings. The Morgan fingerprint density at radius 3 is 2.52 bits per heavy atom. The quantitative estimate of drug-likeness (QED) is 0.325. The number of carbonyl (C=O) groups excluding carboxylic acids is 1. The molecule has 0 bridgehead atoms. The van der Waals surface area contributed by atoms with Gasteiger partial charge >= 0.3 is 5.97 Å². The van der Waals surface area contributed by atoms with E-state index in [1.807, 2.05) is 27.3 Å². The van der Waals surface area contributed by atoms with E-state index in [1.165, 1.54) is 17.5 Å². The van der Waals surface area contributed by atoms with E-state index in [4.69, 9.17) is 11.6 Å². The number of hydrogen-bond donors (Lipinski definition) is 2. The van der Waals surface area contributed by atoms with Crippen LogP contribution in [0.15, 0.2) is 52.8 Å². The van der Waals surface area contributed by atoms with Crippen LogP contribution >= 0.6 is 22.9 Å². The first-order valence-electron chi connectivity index (χ1n) is 12.9.